The number of phenols is 1. The number of likely N-dealkylation sites (N-methyl/N-ethyl adjacent to an activating group) is 1. The molecule has 2 amide bonds. The summed E-state index contributed by atoms with van der Waals surface area (Å²) in [5.74, 6) is -0.515. The van der Waals surface area contributed by atoms with Gasteiger partial charge in [-0.15, -0.1) is 0 Å². The fraction of sp³-hybridized carbons (Fsp3) is 0.353. The predicted molar refractivity (Wildman–Crippen MR) is 165 cm³/mol. The van der Waals surface area contributed by atoms with Crippen molar-refractivity contribution in [3.63, 3.8) is 0 Å². The van der Waals surface area contributed by atoms with E-state index in [4.69, 9.17) is 10.8 Å². The number of aryl methyl sites for hydroxylation is 1. The maximum atomic E-state index is 12.9. The Morgan fingerprint density at radius 1 is 0.952 bits per heavy atom. The first-order chi connectivity index (χ1) is 20.0. The summed E-state index contributed by atoms with van der Waals surface area (Å²) in [5.41, 5.74) is 11.5. The van der Waals surface area contributed by atoms with E-state index in [2.05, 4.69) is 56.1 Å². The number of carbonyl (C=O) groups is 2. The summed E-state index contributed by atoms with van der Waals surface area (Å²) < 4.78 is 2.00. The van der Waals surface area contributed by atoms with Crippen molar-refractivity contribution in [2.75, 3.05) is 7.05 Å². The molecular weight excluding hydrogens is 526 g/mol. The maximum absolute atomic E-state index is 12.9. The van der Waals surface area contributed by atoms with Gasteiger partial charge in [0.2, 0.25) is 11.8 Å². The molecular formula is C34H41N5O3. The van der Waals surface area contributed by atoms with E-state index in [1.807, 2.05) is 22.9 Å². The summed E-state index contributed by atoms with van der Waals surface area (Å²) in [7, 11) is 1.63. The zero-order valence-electron chi connectivity index (χ0n) is 25.0. The summed E-state index contributed by atoms with van der Waals surface area (Å²) in [6.45, 7) is 6.60. The number of primary amides is 1. The van der Waals surface area contributed by atoms with E-state index in [-0.39, 0.29) is 17.1 Å². The van der Waals surface area contributed by atoms with Crippen molar-refractivity contribution in [3.05, 3.63) is 95.8 Å². The molecule has 0 fully saturated rings. The van der Waals surface area contributed by atoms with Crippen LogP contribution in [0.3, 0.4) is 0 Å². The number of aromatic hydroxyl groups is 1. The van der Waals surface area contributed by atoms with E-state index in [1.54, 1.807) is 37.5 Å². The molecule has 3 N–H and O–H groups in total. The van der Waals surface area contributed by atoms with Gasteiger partial charge in [-0.05, 0) is 78.3 Å². The molecule has 0 aliphatic rings. The molecule has 0 bridgehead atoms. The van der Waals surface area contributed by atoms with Crippen molar-refractivity contribution in [2.45, 2.75) is 70.8 Å². The van der Waals surface area contributed by atoms with Crippen molar-refractivity contribution < 1.29 is 14.7 Å². The molecule has 0 unspecified atom stereocenters. The molecule has 4 rings (SSSR count). The Hall–Kier alpha value is -4.46. The predicted octanol–water partition coefficient (Wildman–Crippen LogP) is 5.60. The fourth-order valence-corrected chi connectivity index (χ4v) is 4.96. The van der Waals surface area contributed by atoms with Gasteiger partial charge >= 0.3 is 0 Å². The number of amides is 2. The average Bonchev–Trinajstić information content (AvgIpc) is 3.40. The Balaban J connectivity index is 1.37. The first-order valence-electron chi connectivity index (χ1n) is 14.5. The minimum absolute atomic E-state index is 0.0685. The van der Waals surface area contributed by atoms with Gasteiger partial charge in [0.1, 0.15) is 17.5 Å². The molecule has 0 aliphatic carbocycles. The van der Waals surface area contributed by atoms with Gasteiger partial charge in [-0.1, -0.05) is 57.5 Å². The minimum Gasteiger partial charge on any atom is -0.508 e. The molecule has 42 heavy (non-hydrogen) atoms. The standard InChI is InChI=1S/C34H41N5O3/c1-34(2,3)25-15-17-26(18-16-25)39-27(23-30(37-39)29-11-8-9-21-36-29)10-6-5-7-12-32(41)38(4)31(33(35)42)22-24-13-19-28(40)20-14-24/h8-9,11,13-21,23,31,40H,5-7,10,12,22H2,1-4H3,(H2,35,42)/t31-/m0/s1. The normalized spacial score (nSPS) is 12.2. The van der Waals surface area contributed by atoms with E-state index < -0.39 is 11.9 Å². The minimum atomic E-state index is -0.744. The lowest BCUT2D eigenvalue weighted by molar-refractivity contribution is -0.137. The SMILES string of the molecule is CN(C(=O)CCCCCc1cc(-c2ccccn2)nn1-c1ccc(C(C)(C)C)cc1)[C@@H](Cc1ccc(O)cc1)C(N)=O. The lowest BCUT2D eigenvalue weighted by atomic mass is 9.87. The molecule has 0 saturated heterocycles. The van der Waals surface area contributed by atoms with Crippen LogP contribution in [-0.2, 0) is 27.8 Å². The van der Waals surface area contributed by atoms with Gasteiger partial charge in [0.05, 0.1) is 11.4 Å². The van der Waals surface area contributed by atoms with Gasteiger partial charge in [0, 0.05) is 31.8 Å². The van der Waals surface area contributed by atoms with Crippen LogP contribution in [0.25, 0.3) is 17.1 Å². The Labute approximate surface area is 248 Å². The second-order valence-electron chi connectivity index (χ2n) is 11.8. The van der Waals surface area contributed by atoms with Crippen LogP contribution >= 0.6 is 0 Å². The van der Waals surface area contributed by atoms with Gasteiger partial charge in [-0.2, -0.15) is 5.10 Å². The molecule has 0 saturated carbocycles. The highest BCUT2D eigenvalue weighted by molar-refractivity contribution is 5.86. The maximum Gasteiger partial charge on any atom is 0.240 e. The fourth-order valence-electron chi connectivity index (χ4n) is 4.96. The van der Waals surface area contributed by atoms with Crippen LogP contribution in [0.2, 0.25) is 0 Å². The van der Waals surface area contributed by atoms with Crippen molar-refractivity contribution in [3.8, 4) is 22.8 Å². The molecule has 2 heterocycles. The summed E-state index contributed by atoms with van der Waals surface area (Å²) in [6, 6.07) is 22.3. The summed E-state index contributed by atoms with van der Waals surface area (Å²) in [6.07, 6.45) is 5.65. The molecule has 1 atom stereocenters. The summed E-state index contributed by atoms with van der Waals surface area (Å²) in [4.78, 5) is 31.0. The van der Waals surface area contributed by atoms with Crippen molar-refractivity contribution in [1.82, 2.24) is 19.7 Å². The Bertz CT molecular complexity index is 1470. The third kappa shape index (κ3) is 7.84. The van der Waals surface area contributed by atoms with Crippen LogP contribution in [0.15, 0.2) is 79.0 Å². The van der Waals surface area contributed by atoms with Crippen LogP contribution in [0.4, 0.5) is 0 Å². The molecule has 4 aromatic rings. The topological polar surface area (TPSA) is 114 Å². The second-order valence-corrected chi connectivity index (χ2v) is 11.8. The third-order valence-corrected chi connectivity index (χ3v) is 7.57. The Morgan fingerprint density at radius 3 is 2.29 bits per heavy atom. The zero-order valence-corrected chi connectivity index (χ0v) is 25.0. The highest BCUT2D eigenvalue weighted by atomic mass is 16.3. The van der Waals surface area contributed by atoms with Crippen LogP contribution in [-0.4, -0.2) is 49.7 Å². The van der Waals surface area contributed by atoms with Gasteiger partial charge in [-0.25, -0.2) is 4.68 Å². The van der Waals surface area contributed by atoms with Gasteiger partial charge < -0.3 is 15.7 Å². The lowest BCUT2D eigenvalue weighted by Gasteiger charge is -2.26. The van der Waals surface area contributed by atoms with E-state index in [0.29, 0.717) is 19.3 Å². The van der Waals surface area contributed by atoms with Gasteiger partial charge in [0.25, 0.3) is 0 Å². The molecule has 8 heteroatoms. The highest BCUT2D eigenvalue weighted by Gasteiger charge is 2.25. The van der Waals surface area contributed by atoms with Crippen LogP contribution in [0.1, 0.15) is 63.3 Å². The molecule has 2 aromatic carbocycles. The van der Waals surface area contributed by atoms with Crippen molar-refractivity contribution in [2.24, 2.45) is 5.73 Å². The molecule has 0 radical (unpaired) electrons. The third-order valence-electron chi connectivity index (χ3n) is 7.57. The lowest BCUT2D eigenvalue weighted by Crippen LogP contribution is -2.47. The molecule has 220 valence electrons. The number of hydrogen-bond acceptors (Lipinski definition) is 5. The van der Waals surface area contributed by atoms with E-state index in [0.717, 1.165) is 47.6 Å². The number of rotatable bonds is 12. The zero-order chi connectivity index (χ0) is 30.3. The monoisotopic (exact) mass is 567 g/mol. The Kier molecular flexibility index (Phi) is 9.78. The van der Waals surface area contributed by atoms with Crippen molar-refractivity contribution >= 4 is 11.8 Å². The number of nitrogens with zero attached hydrogens (tertiary/aromatic N) is 4. The number of pyridine rings is 1. The van der Waals surface area contributed by atoms with Crippen LogP contribution < -0.4 is 5.73 Å². The Morgan fingerprint density at radius 2 is 1.67 bits per heavy atom. The average molecular weight is 568 g/mol. The number of benzene rings is 2. The molecule has 0 aliphatic heterocycles. The molecule has 8 nitrogen and oxygen atoms in total. The summed E-state index contributed by atoms with van der Waals surface area (Å²) in [5, 5.41) is 14.4. The smallest absolute Gasteiger partial charge is 0.240 e. The second kappa shape index (κ2) is 13.5. The van der Waals surface area contributed by atoms with Crippen molar-refractivity contribution in [1.29, 1.82) is 0 Å². The van der Waals surface area contributed by atoms with E-state index >= 15 is 0 Å². The number of hydrogen-bond donors (Lipinski definition) is 2. The van der Waals surface area contributed by atoms with E-state index in [1.165, 1.54) is 10.5 Å². The first kappa shape index (κ1) is 30.5. The highest BCUT2D eigenvalue weighted by Crippen LogP contribution is 2.26. The largest absolute Gasteiger partial charge is 0.508 e. The number of phenolic OH excluding ortho intramolecular Hbond substituents is 1. The summed E-state index contributed by atoms with van der Waals surface area (Å²) >= 11 is 0. The first-order valence-corrected chi connectivity index (χ1v) is 14.5. The molecule has 2 aromatic heterocycles. The van der Waals surface area contributed by atoms with Crippen LogP contribution in [0, 0.1) is 0 Å². The number of nitrogens with two attached hydrogens (primary N) is 1. The molecule has 0 spiro atoms. The van der Waals surface area contributed by atoms with Gasteiger partial charge in [0.15, 0.2) is 0 Å². The van der Waals surface area contributed by atoms with Crippen LogP contribution in [0.5, 0.6) is 5.75 Å². The van der Waals surface area contributed by atoms with E-state index in [9.17, 15) is 14.7 Å². The number of unbranched alkanes of at least 4 members (excludes halogenated alkanes) is 2. The quantitative estimate of drug-likeness (QED) is 0.217. The number of carbonyl (C=O) groups excluding carboxylic acids is 2. The number of aromatic nitrogens is 3. The van der Waals surface area contributed by atoms with Gasteiger partial charge in [-0.3, -0.25) is 14.6 Å².